The summed E-state index contributed by atoms with van der Waals surface area (Å²) in [5.41, 5.74) is 33.5. The molecule has 0 saturated carbocycles. The molecule has 1 rings (SSSR count). The van der Waals surface area contributed by atoms with Crippen molar-refractivity contribution in [2.75, 3.05) is 39.3 Å². The molecule has 0 aliphatic carbocycles. The summed E-state index contributed by atoms with van der Waals surface area (Å²) in [6, 6.07) is -9.59. The summed E-state index contributed by atoms with van der Waals surface area (Å²) in [5.74, 6) is -16.6. The molecule has 29 N–H and O–H groups in total. The van der Waals surface area contributed by atoms with Gasteiger partial charge >= 0.3 is 11.9 Å². The van der Waals surface area contributed by atoms with E-state index < -0.39 is 206 Å². The maximum absolute atomic E-state index is 14.2. The maximum Gasteiger partial charge on any atom is 0.322 e. The lowest BCUT2D eigenvalue weighted by Gasteiger charge is -2.29. The van der Waals surface area contributed by atoms with Crippen LogP contribution >= 0.6 is 0 Å². The predicted octanol–water partition coefficient (Wildman–Crippen LogP) is -10.4. The van der Waals surface area contributed by atoms with Crippen molar-refractivity contribution in [3.05, 3.63) is 35.9 Å². The van der Waals surface area contributed by atoms with E-state index in [4.69, 9.17) is 39.5 Å². The molecule has 39 nitrogen and oxygen atoms in total. The van der Waals surface area contributed by atoms with Gasteiger partial charge in [0.05, 0.1) is 37.8 Å². The first-order chi connectivity index (χ1) is 45.1. The van der Waals surface area contributed by atoms with Crippen LogP contribution in [0.5, 0.6) is 0 Å². The van der Waals surface area contributed by atoms with Gasteiger partial charge < -0.3 is 124 Å². The Morgan fingerprint density at radius 3 is 1.31 bits per heavy atom. The molecular formula is C57H95N19O20. The SMILES string of the molecule is C[C@H](NC(=O)[C@H](CCCN=C(N)N)NC(=O)[C@H](C)NC(=O)[C@H](CO)NC(=O)[C@@H](N)CC(N)=O)C(=O)N[C@@H](CCCCN)C(=O)N[C@H](C(=O)N[C@@H](CCCCN)C(=O)N[C@@H](CCC(=O)O)C(=O)N[C@H](C(=O)N[C@@H](Cc1ccccc1)C(=O)NCC(=O)NCC(=O)O)[C@@H](C)O)[C@@H](C)O. The molecule has 13 amide bonds. The Morgan fingerprint density at radius 2 is 0.875 bits per heavy atom. The third kappa shape index (κ3) is 33.4. The summed E-state index contributed by atoms with van der Waals surface area (Å²) in [7, 11) is 0. The number of benzene rings is 1. The molecule has 39 heteroatoms. The van der Waals surface area contributed by atoms with Crippen LogP contribution in [0.3, 0.4) is 0 Å². The topological polar surface area (TPSA) is 670 Å². The van der Waals surface area contributed by atoms with Gasteiger partial charge in [0, 0.05) is 19.4 Å². The lowest BCUT2D eigenvalue weighted by molar-refractivity contribution is -0.139. The van der Waals surface area contributed by atoms with E-state index in [1.165, 1.54) is 13.8 Å². The largest absolute Gasteiger partial charge is 0.481 e. The number of nitrogens with two attached hydrogens (primary N) is 6. The number of aliphatic hydroxyl groups is 3. The van der Waals surface area contributed by atoms with Crippen LogP contribution in [0.2, 0.25) is 0 Å². The number of carboxylic acid groups (broad SMARTS) is 2. The fourth-order valence-corrected chi connectivity index (χ4v) is 8.67. The van der Waals surface area contributed by atoms with Crippen molar-refractivity contribution >= 4 is 94.7 Å². The number of primary amides is 1. The van der Waals surface area contributed by atoms with Crippen LogP contribution in [-0.4, -0.2) is 238 Å². The predicted molar refractivity (Wildman–Crippen MR) is 339 cm³/mol. The average Bonchev–Trinajstić information content (AvgIpc) is 0.891. The molecule has 0 unspecified atom stereocenters. The van der Waals surface area contributed by atoms with Crippen molar-refractivity contribution in [3.8, 4) is 0 Å². The molecule has 0 saturated heterocycles. The van der Waals surface area contributed by atoms with Gasteiger partial charge in [-0.1, -0.05) is 30.3 Å². The van der Waals surface area contributed by atoms with Crippen molar-refractivity contribution in [1.82, 2.24) is 63.8 Å². The Hall–Kier alpha value is -9.70. The van der Waals surface area contributed by atoms with E-state index in [2.05, 4.69) is 68.8 Å². The minimum atomic E-state index is -1.90. The molecule has 1 aromatic rings. The molecule has 0 radical (unpaired) electrons. The Balaban J connectivity index is 3.47. The minimum Gasteiger partial charge on any atom is -0.481 e. The van der Waals surface area contributed by atoms with Gasteiger partial charge in [0.15, 0.2) is 5.96 Å². The molecule has 13 atom stereocenters. The van der Waals surface area contributed by atoms with Crippen LogP contribution in [0.1, 0.15) is 104 Å². The summed E-state index contributed by atoms with van der Waals surface area (Å²) in [6.45, 7) is 2.38. The number of rotatable bonds is 47. The molecule has 0 spiro atoms. The van der Waals surface area contributed by atoms with Gasteiger partial charge in [0.1, 0.15) is 67.0 Å². The van der Waals surface area contributed by atoms with E-state index in [1.54, 1.807) is 30.3 Å². The second kappa shape index (κ2) is 44.8. The highest BCUT2D eigenvalue weighted by molar-refractivity contribution is 6.00. The maximum atomic E-state index is 14.2. The fraction of sp³-hybridized carbons (Fsp3) is 0.614. The number of carbonyl (C=O) groups excluding carboxylic acids is 13. The van der Waals surface area contributed by atoms with Gasteiger partial charge in [-0.25, -0.2) is 0 Å². The number of nitrogens with one attached hydrogen (secondary N) is 12. The van der Waals surface area contributed by atoms with Crippen molar-refractivity contribution in [1.29, 1.82) is 0 Å². The fourth-order valence-electron chi connectivity index (χ4n) is 8.67. The zero-order valence-electron chi connectivity index (χ0n) is 53.9. The molecule has 96 heavy (non-hydrogen) atoms. The summed E-state index contributed by atoms with van der Waals surface area (Å²) < 4.78 is 0. The van der Waals surface area contributed by atoms with Gasteiger partial charge in [-0.05, 0) is 104 Å². The van der Waals surface area contributed by atoms with E-state index in [0.717, 1.165) is 13.8 Å². The Labute approximate surface area is 552 Å². The molecule has 0 bridgehead atoms. The van der Waals surface area contributed by atoms with Gasteiger partial charge in [0.2, 0.25) is 76.8 Å². The lowest BCUT2D eigenvalue weighted by Crippen LogP contribution is -2.62. The number of guanidine groups is 1. The third-order valence-corrected chi connectivity index (χ3v) is 14.0. The highest BCUT2D eigenvalue weighted by Gasteiger charge is 2.37. The smallest absolute Gasteiger partial charge is 0.322 e. The van der Waals surface area contributed by atoms with E-state index in [9.17, 15) is 92.3 Å². The molecule has 0 aromatic heterocycles. The number of aliphatic hydroxyl groups excluding tert-OH is 3. The Morgan fingerprint density at radius 1 is 0.458 bits per heavy atom. The third-order valence-electron chi connectivity index (χ3n) is 14.0. The van der Waals surface area contributed by atoms with Crippen LogP contribution in [0.25, 0.3) is 0 Å². The number of aliphatic carboxylic acids is 2. The number of carbonyl (C=O) groups is 15. The van der Waals surface area contributed by atoms with Crippen LogP contribution in [0.15, 0.2) is 35.3 Å². The highest BCUT2D eigenvalue weighted by atomic mass is 16.4. The van der Waals surface area contributed by atoms with E-state index in [-0.39, 0.29) is 77.0 Å². The normalized spacial score (nSPS) is 15.0. The Kier molecular flexibility index (Phi) is 39.4. The monoisotopic (exact) mass is 1370 g/mol. The first-order valence-electron chi connectivity index (χ1n) is 30.7. The van der Waals surface area contributed by atoms with Gasteiger partial charge in [0.25, 0.3) is 0 Å². The minimum absolute atomic E-state index is 0.0336. The molecule has 538 valence electrons. The molecule has 0 fully saturated rings. The van der Waals surface area contributed by atoms with E-state index in [0.29, 0.717) is 12.0 Å². The van der Waals surface area contributed by atoms with Crippen molar-refractivity contribution < 1.29 is 97.5 Å². The molecular weight excluding hydrogens is 1270 g/mol. The number of hydrogen-bond donors (Lipinski definition) is 23. The second-order valence-electron chi connectivity index (χ2n) is 22.3. The van der Waals surface area contributed by atoms with Crippen molar-refractivity contribution in [2.45, 2.75) is 183 Å². The number of hydrogen-bond acceptors (Lipinski definition) is 22. The molecule has 0 heterocycles. The average molecular weight is 1370 g/mol. The summed E-state index contributed by atoms with van der Waals surface area (Å²) in [5, 5.41) is 77.9. The van der Waals surface area contributed by atoms with Crippen LogP contribution in [-0.2, 0) is 78.3 Å². The summed E-state index contributed by atoms with van der Waals surface area (Å²) in [6.07, 6.45) is -5.18. The van der Waals surface area contributed by atoms with Gasteiger partial charge in [-0.15, -0.1) is 0 Å². The zero-order chi connectivity index (χ0) is 72.8. The van der Waals surface area contributed by atoms with Crippen LogP contribution in [0.4, 0.5) is 0 Å². The van der Waals surface area contributed by atoms with E-state index in [1.807, 2.05) is 0 Å². The number of amides is 13. The lowest BCUT2D eigenvalue weighted by atomic mass is 10.0. The first-order valence-corrected chi connectivity index (χ1v) is 30.7. The highest BCUT2D eigenvalue weighted by Crippen LogP contribution is 2.11. The number of nitrogens with zero attached hydrogens (tertiary/aromatic N) is 1. The van der Waals surface area contributed by atoms with Crippen LogP contribution in [0, 0.1) is 0 Å². The molecule has 1 aromatic carbocycles. The van der Waals surface area contributed by atoms with Gasteiger partial charge in [-0.3, -0.25) is 76.9 Å². The number of carboxylic acids is 2. The zero-order valence-corrected chi connectivity index (χ0v) is 53.9. The summed E-state index contributed by atoms with van der Waals surface area (Å²) >= 11 is 0. The molecule has 0 aliphatic heterocycles. The van der Waals surface area contributed by atoms with E-state index >= 15 is 0 Å². The van der Waals surface area contributed by atoms with Crippen molar-refractivity contribution in [2.24, 2.45) is 39.4 Å². The summed E-state index contributed by atoms with van der Waals surface area (Å²) in [4.78, 5) is 200. The quantitative estimate of drug-likeness (QED) is 0.0164. The standard InChI is InChI=1S/C57H95N19O20/c1-28(67-50(90)36(17-12-22-64-57(62)63)70-47(87)29(2)68-54(94)39(27-77)74-48(88)33(60)24-40(61)80)46(86)69-35(16-9-11-21-59)52(92)75-44(30(3)78)55(95)72-34(15-8-10-20-58)51(91)71-37(18-19-42(82)83)53(93)76-45(31(4)79)56(96)73-38(23-32-13-6-5-7-14-32)49(89)66-25-41(81)65-26-43(84)85/h5-7,13-14,28-31,33-39,44-45,77-79H,8-12,15-27,58-60H2,1-4H3,(H2,61,80)(H,65,81)(H,66,89)(H,67,90)(H,68,94)(H,69,86)(H,70,87)(H,71,91)(H,72,95)(H,73,96)(H,74,88)(H,75,92)(H,76,93)(H,82,83)(H,84,85)(H4,62,63,64)/t28-,29-,30+,31+,33-,34-,35-,36-,37-,38-,39-,44-,45-/m0/s1. The first kappa shape index (κ1) is 84.3. The van der Waals surface area contributed by atoms with Gasteiger partial charge in [-0.2, -0.15) is 0 Å². The molecule has 0 aliphatic rings. The Bertz CT molecular complexity index is 2830. The number of unbranched alkanes of at least 4 members (excludes halogenated alkanes) is 2. The second-order valence-corrected chi connectivity index (χ2v) is 22.3. The van der Waals surface area contributed by atoms with Crippen LogP contribution < -0.4 is 98.2 Å². The number of aliphatic imine (C=N–C) groups is 1. The van der Waals surface area contributed by atoms with Crippen molar-refractivity contribution in [3.63, 3.8) is 0 Å².